The van der Waals surface area contributed by atoms with E-state index < -0.39 is 54.0 Å². The van der Waals surface area contributed by atoms with Crippen molar-refractivity contribution in [3.63, 3.8) is 0 Å². The maximum Gasteiger partial charge on any atom is 0.326 e. The number of nitrogens with zero attached hydrogens (tertiary/aromatic N) is 2. The lowest BCUT2D eigenvalue weighted by Crippen LogP contribution is -2.60. The third kappa shape index (κ3) is 9.54. The molecular formula is C27H38N10O6. The number of benzene rings is 1. The highest BCUT2D eigenvalue weighted by Crippen LogP contribution is 2.19. The Balaban J connectivity index is 1.73. The highest BCUT2D eigenvalue weighted by Gasteiger charge is 2.32. The van der Waals surface area contributed by atoms with Gasteiger partial charge in [-0.1, -0.05) is 18.2 Å². The molecule has 0 saturated heterocycles. The van der Waals surface area contributed by atoms with Gasteiger partial charge < -0.3 is 53.3 Å². The number of guanidine groups is 1. The first-order valence-electron chi connectivity index (χ1n) is 13.6. The number of hydrogen-bond acceptors (Lipinski definition) is 8. The van der Waals surface area contributed by atoms with Crippen LogP contribution in [0.15, 0.2) is 48.0 Å². The smallest absolute Gasteiger partial charge is 0.326 e. The molecule has 0 radical (unpaired) electrons. The molecule has 43 heavy (non-hydrogen) atoms. The van der Waals surface area contributed by atoms with E-state index in [1.54, 1.807) is 6.20 Å². The summed E-state index contributed by atoms with van der Waals surface area (Å²) in [7, 11) is 0. The van der Waals surface area contributed by atoms with E-state index in [0.717, 1.165) is 10.9 Å². The van der Waals surface area contributed by atoms with Gasteiger partial charge >= 0.3 is 5.97 Å². The zero-order chi connectivity index (χ0) is 31.5. The largest absolute Gasteiger partial charge is 0.480 e. The molecule has 0 aliphatic heterocycles. The fourth-order valence-corrected chi connectivity index (χ4v) is 4.42. The van der Waals surface area contributed by atoms with Crippen LogP contribution in [0.3, 0.4) is 0 Å². The molecule has 0 aliphatic carbocycles. The summed E-state index contributed by atoms with van der Waals surface area (Å²) in [5.41, 5.74) is 18.8. The predicted octanol–water partition coefficient (Wildman–Crippen LogP) is -2.02. The number of fused-ring (bicyclic) bond motifs is 1. The summed E-state index contributed by atoms with van der Waals surface area (Å²) in [5, 5.41) is 28.4. The van der Waals surface area contributed by atoms with Crippen LogP contribution in [0.1, 0.15) is 31.0 Å². The van der Waals surface area contributed by atoms with E-state index in [-0.39, 0.29) is 38.2 Å². The van der Waals surface area contributed by atoms with Gasteiger partial charge in [-0.2, -0.15) is 0 Å². The number of nitrogens with one attached hydrogen (secondary N) is 5. The summed E-state index contributed by atoms with van der Waals surface area (Å²) in [6, 6.07) is 2.24. The molecule has 16 heteroatoms. The Labute approximate surface area is 246 Å². The summed E-state index contributed by atoms with van der Waals surface area (Å²) in [4.78, 5) is 65.0. The summed E-state index contributed by atoms with van der Waals surface area (Å²) in [5.74, 6) is -3.80. The lowest BCUT2D eigenvalue weighted by molar-refractivity contribution is -0.142. The van der Waals surface area contributed by atoms with Crippen LogP contribution in [-0.4, -0.2) is 91.6 Å². The number of amides is 3. The number of imidazole rings is 1. The van der Waals surface area contributed by atoms with Gasteiger partial charge in [0.15, 0.2) is 5.96 Å². The molecule has 3 amide bonds. The number of aliphatic imine (C=N–C) groups is 1. The van der Waals surface area contributed by atoms with Crippen molar-refractivity contribution in [2.75, 3.05) is 6.54 Å². The zero-order valence-corrected chi connectivity index (χ0v) is 23.6. The summed E-state index contributed by atoms with van der Waals surface area (Å²) < 4.78 is 0. The van der Waals surface area contributed by atoms with Crippen LogP contribution in [0.2, 0.25) is 0 Å². The second-order valence-corrected chi connectivity index (χ2v) is 10.1. The van der Waals surface area contributed by atoms with Gasteiger partial charge in [-0.15, -0.1) is 0 Å². The van der Waals surface area contributed by atoms with E-state index in [9.17, 15) is 29.4 Å². The van der Waals surface area contributed by atoms with E-state index >= 15 is 0 Å². The molecule has 3 rings (SSSR count). The highest BCUT2D eigenvalue weighted by atomic mass is 16.4. The van der Waals surface area contributed by atoms with Gasteiger partial charge in [-0.25, -0.2) is 9.78 Å². The first-order valence-corrected chi connectivity index (χ1v) is 13.6. The van der Waals surface area contributed by atoms with Crippen LogP contribution in [0, 0.1) is 0 Å². The highest BCUT2D eigenvalue weighted by molar-refractivity contribution is 5.94. The number of aromatic amines is 2. The molecule has 2 aromatic heterocycles. The average molecular weight is 599 g/mol. The number of rotatable bonds is 16. The van der Waals surface area contributed by atoms with Crippen molar-refractivity contribution in [3.8, 4) is 0 Å². The van der Waals surface area contributed by atoms with E-state index in [2.05, 4.69) is 35.9 Å². The molecule has 0 bridgehead atoms. The standard InChI is InChI=1S/C27H38N10O6/c1-14(38)22(37-23(39)18(28)10-16-12-31-13-34-16)25(41)35-20(7-4-8-32-27(29)30)24(40)36-21(26(42)43)9-15-11-33-19-6-3-2-5-17(15)19/h2-3,5-6,11-14,18,20-22,33,38H,4,7-10,28H2,1H3,(H,31,34)(H,35,41)(H,36,40)(H,37,39)(H,42,43)(H4,29,30,32). The van der Waals surface area contributed by atoms with Crippen molar-refractivity contribution in [2.45, 2.75) is 62.9 Å². The lowest BCUT2D eigenvalue weighted by Gasteiger charge is -2.26. The van der Waals surface area contributed by atoms with Crippen LogP contribution in [-0.2, 0) is 32.0 Å². The van der Waals surface area contributed by atoms with Crippen LogP contribution >= 0.6 is 0 Å². The quantitative estimate of drug-likeness (QED) is 0.0490. The van der Waals surface area contributed by atoms with Crippen molar-refractivity contribution in [3.05, 3.63) is 54.2 Å². The molecule has 0 fully saturated rings. The Kier molecular flexibility index (Phi) is 11.6. The molecule has 1 aromatic carbocycles. The maximum atomic E-state index is 13.4. The molecule has 13 N–H and O–H groups in total. The molecule has 0 saturated carbocycles. The lowest BCUT2D eigenvalue weighted by atomic mass is 10.0. The van der Waals surface area contributed by atoms with Crippen molar-refractivity contribution in [1.82, 2.24) is 30.9 Å². The number of aliphatic hydroxyl groups excluding tert-OH is 1. The molecule has 16 nitrogen and oxygen atoms in total. The second-order valence-electron chi connectivity index (χ2n) is 10.1. The minimum atomic E-state index is -1.46. The first kappa shape index (κ1) is 32.6. The van der Waals surface area contributed by atoms with Crippen LogP contribution in [0.4, 0.5) is 0 Å². The number of aliphatic hydroxyl groups is 1. The monoisotopic (exact) mass is 598 g/mol. The Morgan fingerprint density at radius 2 is 1.72 bits per heavy atom. The number of aromatic nitrogens is 3. The number of H-pyrrole nitrogens is 2. The van der Waals surface area contributed by atoms with Gasteiger partial charge in [0.2, 0.25) is 17.7 Å². The van der Waals surface area contributed by atoms with E-state index in [1.165, 1.54) is 19.4 Å². The van der Waals surface area contributed by atoms with E-state index in [0.29, 0.717) is 11.3 Å². The summed E-state index contributed by atoms with van der Waals surface area (Å²) >= 11 is 0. The van der Waals surface area contributed by atoms with E-state index in [1.807, 2.05) is 24.3 Å². The number of carbonyl (C=O) groups is 4. The van der Waals surface area contributed by atoms with Crippen molar-refractivity contribution in [1.29, 1.82) is 0 Å². The maximum absolute atomic E-state index is 13.4. The fourth-order valence-electron chi connectivity index (χ4n) is 4.42. The Morgan fingerprint density at radius 1 is 1.00 bits per heavy atom. The summed E-state index contributed by atoms with van der Waals surface area (Å²) in [6.07, 6.45) is 3.59. The van der Waals surface area contributed by atoms with Gasteiger partial charge in [0, 0.05) is 48.4 Å². The Bertz CT molecular complexity index is 1420. The number of nitrogens with two attached hydrogens (primary N) is 3. The van der Waals surface area contributed by atoms with E-state index in [4.69, 9.17) is 17.2 Å². The SMILES string of the molecule is CC(O)C(NC(=O)C(N)Cc1cnc[nH]1)C(=O)NC(CCCN=C(N)N)C(=O)NC(Cc1c[nH]c2ccccc12)C(=O)O. The van der Waals surface area contributed by atoms with Gasteiger partial charge in [0.1, 0.15) is 18.1 Å². The average Bonchev–Trinajstić information content (AvgIpc) is 3.62. The van der Waals surface area contributed by atoms with Crippen molar-refractivity contribution < 1.29 is 29.4 Å². The number of carbonyl (C=O) groups excluding carboxylic acids is 3. The normalized spacial score (nSPS) is 14.6. The zero-order valence-electron chi connectivity index (χ0n) is 23.6. The third-order valence-corrected chi connectivity index (χ3v) is 6.69. The molecule has 5 unspecified atom stereocenters. The minimum absolute atomic E-state index is 0.0214. The van der Waals surface area contributed by atoms with Crippen LogP contribution < -0.4 is 33.2 Å². The molecule has 0 aliphatic rings. The molecule has 232 valence electrons. The molecule has 3 aromatic rings. The van der Waals surface area contributed by atoms with Crippen molar-refractivity contribution in [2.24, 2.45) is 22.2 Å². The van der Waals surface area contributed by atoms with Gasteiger partial charge in [0.05, 0.1) is 18.5 Å². The minimum Gasteiger partial charge on any atom is -0.480 e. The van der Waals surface area contributed by atoms with Crippen LogP contribution in [0.5, 0.6) is 0 Å². The number of para-hydroxylation sites is 1. The third-order valence-electron chi connectivity index (χ3n) is 6.69. The summed E-state index contributed by atoms with van der Waals surface area (Å²) in [6.45, 7) is 1.43. The van der Waals surface area contributed by atoms with Gasteiger partial charge in [-0.05, 0) is 31.4 Å². The molecule has 2 heterocycles. The molecule has 0 spiro atoms. The fraction of sp³-hybridized carbons (Fsp3) is 0.407. The topological polar surface area (TPSA) is 280 Å². The Morgan fingerprint density at radius 3 is 2.37 bits per heavy atom. The predicted molar refractivity (Wildman–Crippen MR) is 157 cm³/mol. The number of aliphatic carboxylic acids is 1. The second kappa shape index (κ2) is 15.3. The Hall–Kier alpha value is -4.96. The van der Waals surface area contributed by atoms with Gasteiger partial charge in [-0.3, -0.25) is 19.4 Å². The molecule has 5 atom stereocenters. The van der Waals surface area contributed by atoms with Gasteiger partial charge in [0.25, 0.3) is 0 Å². The van der Waals surface area contributed by atoms with Crippen molar-refractivity contribution >= 4 is 40.6 Å². The molecular weight excluding hydrogens is 560 g/mol. The number of hydrogen-bond donors (Lipinski definition) is 10. The number of carboxylic acids is 1. The van der Waals surface area contributed by atoms with Crippen LogP contribution in [0.25, 0.3) is 10.9 Å². The first-order chi connectivity index (χ1) is 20.5. The number of carboxylic acid groups (broad SMARTS) is 1.